The molecule has 1 rings (SSSR count). The molecule has 2 N–H and O–H groups in total. The highest BCUT2D eigenvalue weighted by Gasteiger charge is 2.27. The zero-order valence-electron chi connectivity index (χ0n) is 13.0. The number of hydrogen-bond acceptors (Lipinski definition) is 5. The molecule has 1 atom stereocenters. The molecule has 9 nitrogen and oxygen atoms in total. The average molecular weight is 358 g/mol. The highest BCUT2D eigenvalue weighted by Crippen LogP contribution is 2.25. The van der Waals surface area contributed by atoms with Crippen molar-refractivity contribution in [3.05, 3.63) is 38.9 Å². The molecule has 1 unspecified atom stereocenters. The van der Waals surface area contributed by atoms with E-state index in [9.17, 15) is 24.5 Å². The number of benzene rings is 1. The van der Waals surface area contributed by atoms with Gasteiger partial charge in [0.05, 0.1) is 4.92 Å². The fourth-order valence-electron chi connectivity index (χ4n) is 1.91. The summed E-state index contributed by atoms with van der Waals surface area (Å²) in [6, 6.07) is 2.24. The number of rotatable bonds is 7. The highest BCUT2D eigenvalue weighted by molar-refractivity contribution is 6.33. The zero-order chi connectivity index (χ0) is 18.4. The topological polar surface area (TPSA) is 130 Å². The number of nitrogens with zero attached hydrogens (tertiary/aromatic N) is 2. The van der Waals surface area contributed by atoms with Crippen molar-refractivity contribution in [2.24, 2.45) is 0 Å². The van der Waals surface area contributed by atoms with Crippen LogP contribution in [0.1, 0.15) is 24.2 Å². The van der Waals surface area contributed by atoms with Gasteiger partial charge in [-0.3, -0.25) is 19.7 Å². The van der Waals surface area contributed by atoms with Crippen molar-refractivity contribution in [3.63, 3.8) is 0 Å². The molecular weight excluding hydrogens is 342 g/mol. The Morgan fingerprint density at radius 2 is 2.04 bits per heavy atom. The minimum Gasteiger partial charge on any atom is -0.480 e. The Balaban J connectivity index is 3.06. The van der Waals surface area contributed by atoms with Crippen LogP contribution in [-0.4, -0.2) is 51.8 Å². The van der Waals surface area contributed by atoms with E-state index >= 15 is 0 Å². The van der Waals surface area contributed by atoms with Gasteiger partial charge in [-0.2, -0.15) is 0 Å². The molecule has 0 heterocycles. The van der Waals surface area contributed by atoms with Crippen LogP contribution >= 0.6 is 11.6 Å². The monoisotopic (exact) mass is 357 g/mol. The summed E-state index contributed by atoms with van der Waals surface area (Å²) in [4.78, 5) is 45.7. The van der Waals surface area contributed by atoms with Crippen molar-refractivity contribution in [1.29, 1.82) is 0 Å². The molecule has 0 aliphatic heterocycles. The minimum absolute atomic E-state index is 0.0153. The molecule has 10 heteroatoms. The van der Waals surface area contributed by atoms with Gasteiger partial charge >= 0.3 is 5.97 Å². The number of hydrogen-bond donors (Lipinski definition) is 2. The van der Waals surface area contributed by atoms with Gasteiger partial charge in [0.25, 0.3) is 11.6 Å². The maximum atomic E-state index is 12.5. The minimum atomic E-state index is -1.22. The molecule has 24 heavy (non-hydrogen) atoms. The number of aliphatic carboxylic acids is 1. The molecule has 2 amide bonds. The Labute approximate surface area is 142 Å². The summed E-state index contributed by atoms with van der Waals surface area (Å²) in [6.07, 6.45) is 0. The van der Waals surface area contributed by atoms with Crippen molar-refractivity contribution in [1.82, 2.24) is 10.2 Å². The van der Waals surface area contributed by atoms with Gasteiger partial charge < -0.3 is 15.3 Å². The first-order valence-electron chi connectivity index (χ1n) is 6.87. The van der Waals surface area contributed by atoms with Crippen LogP contribution in [0, 0.1) is 10.1 Å². The van der Waals surface area contributed by atoms with Crippen LogP contribution in [0.4, 0.5) is 5.69 Å². The van der Waals surface area contributed by atoms with Crippen molar-refractivity contribution >= 4 is 35.1 Å². The Morgan fingerprint density at radius 1 is 1.42 bits per heavy atom. The van der Waals surface area contributed by atoms with Crippen molar-refractivity contribution in [3.8, 4) is 0 Å². The van der Waals surface area contributed by atoms with Gasteiger partial charge in [-0.25, -0.2) is 4.79 Å². The maximum Gasteiger partial charge on any atom is 0.326 e. The molecule has 0 aromatic heterocycles. The predicted octanol–water partition coefficient (Wildman–Crippen LogP) is 1.30. The summed E-state index contributed by atoms with van der Waals surface area (Å²) in [6.45, 7) is 2.64. The van der Waals surface area contributed by atoms with Crippen LogP contribution in [0.15, 0.2) is 18.2 Å². The number of halogens is 1. The zero-order valence-corrected chi connectivity index (χ0v) is 13.7. The van der Waals surface area contributed by atoms with E-state index in [0.717, 1.165) is 17.0 Å². The van der Waals surface area contributed by atoms with E-state index in [-0.39, 0.29) is 35.3 Å². The first-order chi connectivity index (χ1) is 11.1. The van der Waals surface area contributed by atoms with Gasteiger partial charge in [-0.1, -0.05) is 11.6 Å². The molecule has 1 aromatic rings. The second-order valence-electron chi connectivity index (χ2n) is 4.92. The Hall–Kier alpha value is -2.68. The predicted molar refractivity (Wildman–Crippen MR) is 84.9 cm³/mol. The van der Waals surface area contributed by atoms with Gasteiger partial charge in [0.2, 0.25) is 5.91 Å². The average Bonchev–Trinajstić information content (AvgIpc) is 2.49. The molecule has 0 radical (unpaired) electrons. The number of amides is 2. The number of carboxylic acids is 1. The lowest BCUT2D eigenvalue weighted by molar-refractivity contribution is -0.384. The van der Waals surface area contributed by atoms with Gasteiger partial charge in [-0.15, -0.1) is 0 Å². The van der Waals surface area contributed by atoms with E-state index in [1.54, 1.807) is 0 Å². The van der Waals surface area contributed by atoms with Crippen molar-refractivity contribution in [2.75, 3.05) is 13.1 Å². The van der Waals surface area contributed by atoms with Crippen molar-refractivity contribution in [2.45, 2.75) is 19.9 Å². The summed E-state index contributed by atoms with van der Waals surface area (Å²) in [7, 11) is 0. The second-order valence-corrected chi connectivity index (χ2v) is 5.33. The Bertz CT molecular complexity index is 678. The quantitative estimate of drug-likeness (QED) is 0.558. The van der Waals surface area contributed by atoms with Gasteiger partial charge in [0.1, 0.15) is 11.1 Å². The summed E-state index contributed by atoms with van der Waals surface area (Å²) in [5, 5.41) is 22.1. The van der Waals surface area contributed by atoms with E-state index in [2.05, 4.69) is 5.32 Å². The summed E-state index contributed by atoms with van der Waals surface area (Å²) >= 11 is 5.78. The van der Waals surface area contributed by atoms with E-state index in [1.165, 1.54) is 19.9 Å². The lowest BCUT2D eigenvalue weighted by atomic mass is 10.1. The molecule has 0 fully saturated rings. The molecular formula is C14H16ClN3O6. The molecule has 0 bridgehead atoms. The summed E-state index contributed by atoms with van der Waals surface area (Å²) in [5.74, 6) is -2.20. The Kier molecular flexibility index (Phi) is 6.66. The fraction of sp³-hybridized carbons (Fsp3) is 0.357. The van der Waals surface area contributed by atoms with Crippen LogP contribution < -0.4 is 5.32 Å². The SMILES string of the molecule is CC(=O)NCCN(C(=O)c1ccc([N+](=O)[O-])c(Cl)c1)C(C)C(=O)O. The number of nitrogens with one attached hydrogen (secondary N) is 1. The number of nitro groups is 1. The fourth-order valence-corrected chi connectivity index (χ4v) is 2.16. The van der Waals surface area contributed by atoms with Crippen LogP contribution in [-0.2, 0) is 9.59 Å². The summed E-state index contributed by atoms with van der Waals surface area (Å²) < 4.78 is 0. The number of carbonyl (C=O) groups is 3. The van der Waals surface area contributed by atoms with Crippen LogP contribution in [0.5, 0.6) is 0 Å². The molecule has 0 spiro atoms. The third-order valence-electron chi connectivity index (χ3n) is 3.20. The maximum absolute atomic E-state index is 12.5. The molecule has 130 valence electrons. The van der Waals surface area contributed by atoms with Gasteiger partial charge in [0, 0.05) is 31.6 Å². The smallest absolute Gasteiger partial charge is 0.326 e. The molecule has 0 aliphatic rings. The molecule has 0 saturated carbocycles. The molecule has 0 saturated heterocycles. The lowest BCUT2D eigenvalue weighted by Crippen LogP contribution is -2.46. The third-order valence-corrected chi connectivity index (χ3v) is 3.51. The number of carbonyl (C=O) groups excluding carboxylic acids is 2. The van der Waals surface area contributed by atoms with Gasteiger partial charge in [0.15, 0.2) is 0 Å². The Morgan fingerprint density at radius 3 is 2.50 bits per heavy atom. The number of carboxylic acid groups (broad SMARTS) is 1. The third kappa shape index (κ3) is 4.92. The van der Waals surface area contributed by atoms with Crippen LogP contribution in [0.3, 0.4) is 0 Å². The van der Waals surface area contributed by atoms with E-state index in [4.69, 9.17) is 16.7 Å². The lowest BCUT2D eigenvalue weighted by Gasteiger charge is -2.26. The van der Waals surface area contributed by atoms with Crippen LogP contribution in [0.2, 0.25) is 5.02 Å². The standard InChI is InChI=1S/C14H16ClN3O6/c1-8(14(21)22)17(6-5-16-9(2)19)13(20)10-3-4-12(18(23)24)11(15)7-10/h3-4,7-8H,5-6H2,1-2H3,(H,16,19)(H,21,22). The largest absolute Gasteiger partial charge is 0.480 e. The normalized spacial score (nSPS) is 11.5. The molecule has 1 aromatic carbocycles. The van der Waals surface area contributed by atoms with E-state index in [0.29, 0.717) is 0 Å². The molecule has 0 aliphatic carbocycles. The van der Waals surface area contributed by atoms with E-state index in [1.807, 2.05) is 0 Å². The highest BCUT2D eigenvalue weighted by atomic mass is 35.5. The van der Waals surface area contributed by atoms with Gasteiger partial charge in [-0.05, 0) is 19.1 Å². The van der Waals surface area contributed by atoms with Crippen LogP contribution in [0.25, 0.3) is 0 Å². The second kappa shape index (κ2) is 8.25. The van der Waals surface area contributed by atoms with E-state index < -0.39 is 22.8 Å². The first-order valence-corrected chi connectivity index (χ1v) is 7.25. The first kappa shape index (κ1) is 19.4. The number of nitro benzene ring substituents is 1. The summed E-state index contributed by atoms with van der Waals surface area (Å²) in [5.41, 5.74) is -0.342. The van der Waals surface area contributed by atoms with Crippen molar-refractivity contribution < 1.29 is 24.4 Å².